The normalized spacial score (nSPS) is 11.2. The summed E-state index contributed by atoms with van der Waals surface area (Å²) in [7, 11) is -1.95. The second-order valence-corrected chi connectivity index (χ2v) is 8.77. The Bertz CT molecular complexity index is 983. The average Bonchev–Trinajstić information content (AvgIpc) is 3.08. The molecule has 0 fully saturated rings. The highest BCUT2D eigenvalue weighted by Gasteiger charge is 2.16. The molecule has 0 saturated carbocycles. The molecule has 0 unspecified atom stereocenters. The van der Waals surface area contributed by atoms with Crippen LogP contribution in [0.1, 0.15) is 10.4 Å². The Morgan fingerprint density at radius 3 is 2.58 bits per heavy atom. The van der Waals surface area contributed by atoms with Crippen molar-refractivity contribution >= 4 is 32.9 Å². The van der Waals surface area contributed by atoms with Gasteiger partial charge in [0.05, 0.1) is 19.0 Å². The fourth-order valence-corrected chi connectivity index (χ4v) is 4.68. The highest BCUT2D eigenvalue weighted by Crippen LogP contribution is 2.24. The van der Waals surface area contributed by atoms with Crippen molar-refractivity contribution in [1.82, 2.24) is 4.98 Å². The topological polar surface area (TPSA) is 80.3 Å². The van der Waals surface area contributed by atoms with Gasteiger partial charge >= 0.3 is 0 Å². The molecule has 0 atom stereocenters. The van der Waals surface area contributed by atoms with E-state index in [9.17, 15) is 8.42 Å². The van der Waals surface area contributed by atoms with E-state index < -0.39 is 10.0 Å². The van der Waals surface area contributed by atoms with Crippen LogP contribution in [0.3, 0.4) is 0 Å². The van der Waals surface area contributed by atoms with E-state index >= 15 is 0 Å². The van der Waals surface area contributed by atoms with Crippen molar-refractivity contribution in [2.24, 2.45) is 0 Å². The first kappa shape index (κ1) is 18.2. The molecule has 0 radical (unpaired) electrons. The third kappa shape index (κ3) is 4.33. The number of methoxy groups -OCH3 is 1. The number of aromatic nitrogens is 1. The van der Waals surface area contributed by atoms with Crippen molar-refractivity contribution < 1.29 is 13.2 Å². The Morgan fingerprint density at radius 2 is 1.92 bits per heavy atom. The van der Waals surface area contributed by atoms with E-state index in [1.54, 1.807) is 31.4 Å². The van der Waals surface area contributed by atoms with E-state index in [1.807, 2.05) is 31.2 Å². The molecule has 3 rings (SSSR count). The maximum atomic E-state index is 12.3. The number of rotatable bonds is 7. The van der Waals surface area contributed by atoms with E-state index in [0.717, 1.165) is 16.2 Å². The van der Waals surface area contributed by atoms with Gasteiger partial charge in [-0.05, 0) is 37.3 Å². The van der Waals surface area contributed by atoms with Crippen LogP contribution in [0.4, 0.5) is 11.5 Å². The van der Waals surface area contributed by atoms with E-state index in [2.05, 4.69) is 15.0 Å². The monoisotopic (exact) mass is 389 g/mol. The molecule has 1 aromatic carbocycles. The van der Waals surface area contributed by atoms with Crippen LogP contribution in [0.15, 0.2) is 58.9 Å². The zero-order chi connectivity index (χ0) is 18.6. The number of nitrogens with one attached hydrogen (secondary N) is 2. The van der Waals surface area contributed by atoms with Crippen molar-refractivity contribution in [3.63, 3.8) is 0 Å². The summed E-state index contributed by atoms with van der Waals surface area (Å²) in [6, 6.07) is 14.5. The maximum Gasteiger partial charge on any atom is 0.271 e. The van der Waals surface area contributed by atoms with Crippen LogP contribution >= 0.6 is 11.3 Å². The van der Waals surface area contributed by atoms with E-state index in [4.69, 9.17) is 4.74 Å². The lowest BCUT2D eigenvalue weighted by atomic mass is 10.2. The fraction of sp³-hybridized carbons (Fsp3) is 0.167. The average molecular weight is 390 g/mol. The number of nitrogens with zero attached hydrogens (tertiary/aromatic N) is 1. The number of pyridine rings is 1. The summed E-state index contributed by atoms with van der Waals surface area (Å²) < 4.78 is 32.8. The predicted octanol–water partition coefficient (Wildman–Crippen LogP) is 3.87. The van der Waals surface area contributed by atoms with Crippen molar-refractivity contribution in [3.05, 3.63) is 65.2 Å². The van der Waals surface area contributed by atoms with Crippen LogP contribution in [-0.2, 0) is 16.6 Å². The Kier molecular flexibility index (Phi) is 5.43. The quantitative estimate of drug-likeness (QED) is 0.641. The number of hydrogen-bond acceptors (Lipinski definition) is 6. The molecule has 0 saturated heterocycles. The molecule has 0 aliphatic rings. The first-order valence-corrected chi connectivity index (χ1v) is 10.2. The van der Waals surface area contributed by atoms with Gasteiger partial charge in [0.25, 0.3) is 10.0 Å². The van der Waals surface area contributed by atoms with Gasteiger partial charge in [0, 0.05) is 17.0 Å². The summed E-state index contributed by atoms with van der Waals surface area (Å²) in [4.78, 5) is 5.20. The standard InChI is InChI=1S/C18H19N3O3S2/c1-13-7-10-18(25-13)26(22,23)21-15-8-9-17(20-12-15)19-11-14-5-3-4-6-16(14)24-2/h3-10,12,21H,11H2,1-2H3,(H,19,20). The van der Waals surface area contributed by atoms with Gasteiger partial charge in [0.1, 0.15) is 15.8 Å². The Labute approximate surface area is 156 Å². The predicted molar refractivity (Wildman–Crippen MR) is 104 cm³/mol. The van der Waals surface area contributed by atoms with Crippen molar-refractivity contribution in [2.45, 2.75) is 17.7 Å². The van der Waals surface area contributed by atoms with Crippen LogP contribution in [0.2, 0.25) is 0 Å². The minimum absolute atomic E-state index is 0.286. The number of sulfonamides is 1. The number of aryl methyl sites for hydroxylation is 1. The van der Waals surface area contributed by atoms with E-state index in [1.165, 1.54) is 17.5 Å². The number of benzene rings is 1. The molecule has 0 aliphatic carbocycles. The molecule has 2 aromatic heterocycles. The van der Waals surface area contributed by atoms with Crippen LogP contribution in [0, 0.1) is 6.92 Å². The summed E-state index contributed by atoms with van der Waals surface area (Å²) in [6.07, 6.45) is 1.49. The Hall–Kier alpha value is -2.58. The molecule has 2 heterocycles. The summed E-state index contributed by atoms with van der Waals surface area (Å²) in [5, 5.41) is 3.19. The minimum Gasteiger partial charge on any atom is -0.496 e. The minimum atomic E-state index is -3.58. The molecular formula is C18H19N3O3S2. The second kappa shape index (κ2) is 7.76. The van der Waals surface area contributed by atoms with Gasteiger partial charge in [0.15, 0.2) is 0 Å². The zero-order valence-corrected chi connectivity index (χ0v) is 16.0. The highest BCUT2D eigenvalue weighted by molar-refractivity contribution is 7.94. The Morgan fingerprint density at radius 1 is 1.12 bits per heavy atom. The molecule has 2 N–H and O–H groups in total. The third-order valence-electron chi connectivity index (χ3n) is 3.65. The summed E-state index contributed by atoms with van der Waals surface area (Å²) >= 11 is 1.23. The molecule has 26 heavy (non-hydrogen) atoms. The Balaban J connectivity index is 1.65. The van der Waals surface area contributed by atoms with Crippen molar-refractivity contribution in [3.8, 4) is 5.75 Å². The zero-order valence-electron chi connectivity index (χ0n) is 14.4. The molecule has 0 bridgehead atoms. The smallest absolute Gasteiger partial charge is 0.271 e. The first-order chi connectivity index (χ1) is 12.5. The number of anilines is 2. The highest BCUT2D eigenvalue weighted by atomic mass is 32.2. The van der Waals surface area contributed by atoms with Gasteiger partial charge in [-0.1, -0.05) is 18.2 Å². The van der Waals surface area contributed by atoms with Gasteiger partial charge in [-0.25, -0.2) is 13.4 Å². The van der Waals surface area contributed by atoms with Crippen LogP contribution < -0.4 is 14.8 Å². The van der Waals surface area contributed by atoms with E-state index in [-0.39, 0.29) is 4.21 Å². The maximum absolute atomic E-state index is 12.3. The lowest BCUT2D eigenvalue weighted by Crippen LogP contribution is -2.11. The molecule has 6 nitrogen and oxygen atoms in total. The number of hydrogen-bond donors (Lipinski definition) is 2. The van der Waals surface area contributed by atoms with Crippen LogP contribution in [-0.4, -0.2) is 20.5 Å². The third-order valence-corrected chi connectivity index (χ3v) is 6.52. The fourth-order valence-electron chi connectivity index (χ4n) is 2.36. The molecular weight excluding hydrogens is 370 g/mol. The van der Waals surface area contributed by atoms with Gasteiger partial charge in [-0.3, -0.25) is 4.72 Å². The van der Waals surface area contributed by atoms with E-state index in [0.29, 0.717) is 18.1 Å². The molecule has 0 amide bonds. The summed E-state index contributed by atoms with van der Waals surface area (Å²) in [5.74, 6) is 1.45. The van der Waals surface area contributed by atoms with Crippen LogP contribution in [0.25, 0.3) is 0 Å². The largest absolute Gasteiger partial charge is 0.496 e. The summed E-state index contributed by atoms with van der Waals surface area (Å²) in [6.45, 7) is 2.42. The van der Waals surface area contributed by atoms with Gasteiger partial charge in [-0.2, -0.15) is 0 Å². The van der Waals surface area contributed by atoms with Crippen molar-refractivity contribution in [2.75, 3.05) is 17.1 Å². The molecule has 8 heteroatoms. The molecule has 0 spiro atoms. The van der Waals surface area contributed by atoms with Crippen LogP contribution in [0.5, 0.6) is 5.75 Å². The van der Waals surface area contributed by atoms with Crippen molar-refractivity contribution in [1.29, 1.82) is 0 Å². The van der Waals surface area contributed by atoms with Gasteiger partial charge in [-0.15, -0.1) is 11.3 Å². The number of ether oxygens (including phenoxy) is 1. The molecule has 136 valence electrons. The second-order valence-electron chi connectivity index (χ2n) is 5.57. The van der Waals surface area contributed by atoms with Gasteiger partial charge in [0.2, 0.25) is 0 Å². The summed E-state index contributed by atoms with van der Waals surface area (Å²) in [5.41, 5.74) is 1.42. The molecule has 0 aliphatic heterocycles. The lowest BCUT2D eigenvalue weighted by Gasteiger charge is -2.10. The van der Waals surface area contributed by atoms with Gasteiger partial charge < -0.3 is 10.1 Å². The first-order valence-electron chi connectivity index (χ1n) is 7.89. The number of thiophene rings is 1. The SMILES string of the molecule is COc1ccccc1CNc1ccc(NS(=O)(=O)c2ccc(C)s2)cn1. The molecule has 3 aromatic rings. The lowest BCUT2D eigenvalue weighted by molar-refractivity contribution is 0.410. The number of para-hydroxylation sites is 1.